The van der Waals surface area contributed by atoms with Crippen LogP contribution in [0, 0.1) is 0 Å². The Hall–Kier alpha value is -1.96. The molecule has 0 N–H and O–H groups in total. The van der Waals surface area contributed by atoms with E-state index in [0.717, 1.165) is 23.7 Å². The Balaban J connectivity index is 1.85. The highest BCUT2D eigenvalue weighted by Crippen LogP contribution is 2.39. The van der Waals surface area contributed by atoms with Crippen molar-refractivity contribution in [3.63, 3.8) is 0 Å². The molecule has 1 aromatic carbocycles. The number of aromatic nitrogens is 1. The molecule has 0 fully saturated rings. The van der Waals surface area contributed by atoms with E-state index in [1.54, 1.807) is 0 Å². The molecule has 1 aromatic heterocycles. The third-order valence-corrected chi connectivity index (χ3v) is 5.02. The molecule has 3 rings (SSSR count). The summed E-state index contributed by atoms with van der Waals surface area (Å²) in [6, 6.07) is 3.90. The van der Waals surface area contributed by atoms with Gasteiger partial charge in [-0.2, -0.15) is 13.2 Å². The molecule has 0 atom stereocenters. The number of alkyl halides is 3. The van der Waals surface area contributed by atoms with Crippen LogP contribution < -0.4 is 14.4 Å². The molecule has 2 aromatic rings. The largest absolute Gasteiger partial charge is 0.490 e. The zero-order valence-electron chi connectivity index (χ0n) is 14.0. The van der Waals surface area contributed by atoms with Crippen LogP contribution in [0.15, 0.2) is 18.3 Å². The normalized spacial score (nSPS) is 14.4. The minimum Gasteiger partial charge on any atom is -0.490 e. The molecule has 4 nitrogen and oxygen atoms in total. The fraction of sp³-hybridized carbons (Fsp3) is 0.471. The molecule has 0 saturated heterocycles. The smallest absolute Gasteiger partial charge is 0.427 e. The van der Waals surface area contributed by atoms with E-state index in [9.17, 15) is 13.2 Å². The van der Waals surface area contributed by atoms with Gasteiger partial charge in [0.05, 0.1) is 19.4 Å². The molecule has 0 spiro atoms. The highest BCUT2D eigenvalue weighted by molar-refractivity contribution is 7.15. The molecular weight excluding hydrogens is 353 g/mol. The van der Waals surface area contributed by atoms with Crippen LogP contribution in [0.5, 0.6) is 11.5 Å². The quantitative estimate of drug-likeness (QED) is 0.773. The third kappa shape index (κ3) is 3.84. The van der Waals surface area contributed by atoms with Crippen molar-refractivity contribution >= 4 is 16.5 Å². The number of hydrogen-bond acceptors (Lipinski definition) is 5. The van der Waals surface area contributed by atoms with E-state index in [4.69, 9.17) is 9.47 Å². The Morgan fingerprint density at radius 2 is 1.76 bits per heavy atom. The van der Waals surface area contributed by atoms with E-state index in [-0.39, 0.29) is 0 Å². The Morgan fingerprint density at radius 1 is 1.12 bits per heavy atom. The first-order valence-corrected chi connectivity index (χ1v) is 8.93. The second-order valence-corrected chi connectivity index (χ2v) is 6.62. The number of nitrogens with zero attached hydrogens (tertiary/aromatic N) is 2. The Kier molecular flexibility index (Phi) is 5.08. The van der Waals surface area contributed by atoms with Gasteiger partial charge in [-0.15, -0.1) is 0 Å². The summed E-state index contributed by atoms with van der Waals surface area (Å²) in [5.74, 6) is 1.38. The summed E-state index contributed by atoms with van der Waals surface area (Å²) >= 11 is 0.681. The number of rotatable bonds is 5. The zero-order chi connectivity index (χ0) is 18.0. The van der Waals surface area contributed by atoms with Crippen molar-refractivity contribution < 1.29 is 22.6 Å². The standard InChI is InChI=1S/C17H19F3N2O2S/c1-3-23-13-7-11-5-6-22(10-12(11)8-14(13)24-4-2)16-21-9-15(25-16)17(18,19)20/h7-9H,3-6,10H2,1-2H3. The maximum atomic E-state index is 12.8. The number of thiazole rings is 1. The van der Waals surface area contributed by atoms with E-state index in [1.807, 2.05) is 30.9 Å². The van der Waals surface area contributed by atoms with Crippen LogP contribution in [0.3, 0.4) is 0 Å². The lowest BCUT2D eigenvalue weighted by molar-refractivity contribution is -0.134. The van der Waals surface area contributed by atoms with E-state index in [1.165, 1.54) is 0 Å². The molecule has 0 saturated carbocycles. The summed E-state index contributed by atoms with van der Waals surface area (Å²) in [5, 5.41) is 0.393. The molecule has 1 aliphatic rings. The SMILES string of the molecule is CCOc1cc2c(cc1OCC)CN(c1ncc(C(F)(F)F)s1)CC2. The van der Waals surface area contributed by atoms with Crippen LogP contribution in [-0.4, -0.2) is 24.7 Å². The summed E-state index contributed by atoms with van der Waals surface area (Å²) in [6.45, 7) is 6.01. The summed E-state index contributed by atoms with van der Waals surface area (Å²) in [5.41, 5.74) is 2.16. The minimum atomic E-state index is -4.35. The molecule has 2 heterocycles. The van der Waals surface area contributed by atoms with E-state index in [0.29, 0.717) is 54.3 Å². The second-order valence-electron chi connectivity index (χ2n) is 5.61. The zero-order valence-corrected chi connectivity index (χ0v) is 14.8. The monoisotopic (exact) mass is 372 g/mol. The molecule has 0 radical (unpaired) electrons. The molecule has 1 aliphatic heterocycles. The van der Waals surface area contributed by atoms with Crippen molar-refractivity contribution in [2.75, 3.05) is 24.7 Å². The van der Waals surface area contributed by atoms with Gasteiger partial charge >= 0.3 is 6.18 Å². The van der Waals surface area contributed by atoms with E-state index >= 15 is 0 Å². The van der Waals surface area contributed by atoms with Gasteiger partial charge in [0.25, 0.3) is 0 Å². The van der Waals surface area contributed by atoms with Crippen LogP contribution in [-0.2, 0) is 19.1 Å². The second kappa shape index (κ2) is 7.11. The number of benzene rings is 1. The van der Waals surface area contributed by atoms with Crippen molar-refractivity contribution in [2.24, 2.45) is 0 Å². The molecule has 0 bridgehead atoms. The average Bonchev–Trinajstić information content (AvgIpc) is 3.06. The van der Waals surface area contributed by atoms with Gasteiger partial charge in [0.1, 0.15) is 4.88 Å². The first kappa shape index (κ1) is 17.8. The number of halogens is 3. The molecule has 8 heteroatoms. The van der Waals surface area contributed by atoms with Crippen LogP contribution in [0.1, 0.15) is 29.9 Å². The Bertz CT molecular complexity index is 746. The lowest BCUT2D eigenvalue weighted by Gasteiger charge is -2.29. The van der Waals surface area contributed by atoms with Crippen molar-refractivity contribution in [1.29, 1.82) is 0 Å². The van der Waals surface area contributed by atoms with Gasteiger partial charge in [0.15, 0.2) is 16.6 Å². The first-order chi connectivity index (χ1) is 11.9. The van der Waals surface area contributed by atoms with Crippen LogP contribution in [0.25, 0.3) is 0 Å². The Morgan fingerprint density at radius 3 is 2.32 bits per heavy atom. The van der Waals surface area contributed by atoms with Crippen LogP contribution >= 0.6 is 11.3 Å². The van der Waals surface area contributed by atoms with Crippen molar-refractivity contribution in [3.8, 4) is 11.5 Å². The summed E-state index contributed by atoms with van der Waals surface area (Å²) in [6.07, 6.45) is -2.72. The summed E-state index contributed by atoms with van der Waals surface area (Å²) in [4.78, 5) is 5.16. The Labute approximate surface area is 148 Å². The number of hydrogen-bond donors (Lipinski definition) is 0. The number of fused-ring (bicyclic) bond motifs is 1. The highest BCUT2D eigenvalue weighted by atomic mass is 32.1. The number of ether oxygens (including phenoxy) is 2. The van der Waals surface area contributed by atoms with Crippen molar-refractivity contribution in [3.05, 3.63) is 34.3 Å². The van der Waals surface area contributed by atoms with Gasteiger partial charge < -0.3 is 14.4 Å². The predicted octanol–water partition coefficient (Wildman–Crippen LogP) is 4.52. The maximum Gasteiger partial charge on any atom is 0.427 e. The lowest BCUT2D eigenvalue weighted by atomic mass is 9.99. The van der Waals surface area contributed by atoms with Crippen molar-refractivity contribution in [1.82, 2.24) is 4.98 Å². The third-order valence-electron chi connectivity index (χ3n) is 3.92. The van der Waals surface area contributed by atoms with E-state index < -0.39 is 11.1 Å². The van der Waals surface area contributed by atoms with Gasteiger partial charge in [-0.1, -0.05) is 11.3 Å². The van der Waals surface area contributed by atoms with Gasteiger partial charge in [-0.25, -0.2) is 4.98 Å². The molecule has 0 amide bonds. The summed E-state index contributed by atoms with van der Waals surface area (Å²) in [7, 11) is 0. The highest BCUT2D eigenvalue weighted by Gasteiger charge is 2.34. The molecular formula is C17H19F3N2O2S. The van der Waals surface area contributed by atoms with Gasteiger partial charge in [0.2, 0.25) is 0 Å². The van der Waals surface area contributed by atoms with E-state index in [2.05, 4.69) is 4.98 Å². The van der Waals surface area contributed by atoms with Gasteiger partial charge in [-0.3, -0.25) is 0 Å². The average molecular weight is 372 g/mol. The lowest BCUT2D eigenvalue weighted by Crippen LogP contribution is -2.30. The molecule has 0 unspecified atom stereocenters. The molecule has 25 heavy (non-hydrogen) atoms. The molecule has 0 aliphatic carbocycles. The van der Waals surface area contributed by atoms with Crippen LogP contribution in [0.4, 0.5) is 18.3 Å². The van der Waals surface area contributed by atoms with Gasteiger partial charge in [-0.05, 0) is 43.5 Å². The maximum absolute atomic E-state index is 12.8. The predicted molar refractivity (Wildman–Crippen MR) is 90.7 cm³/mol. The van der Waals surface area contributed by atoms with Crippen molar-refractivity contribution in [2.45, 2.75) is 33.0 Å². The summed E-state index contributed by atoms with van der Waals surface area (Å²) < 4.78 is 49.6. The topological polar surface area (TPSA) is 34.6 Å². The van der Waals surface area contributed by atoms with Crippen LogP contribution in [0.2, 0.25) is 0 Å². The minimum absolute atomic E-state index is 0.393. The fourth-order valence-electron chi connectivity index (χ4n) is 2.81. The first-order valence-electron chi connectivity index (χ1n) is 8.11. The number of anilines is 1. The van der Waals surface area contributed by atoms with Gasteiger partial charge in [0, 0.05) is 13.1 Å². The fourth-order valence-corrected chi connectivity index (χ4v) is 3.61. The molecule has 136 valence electrons.